The standard InChI is InChI=1S/C12H22BrN3/c1-4-7-8-10(5-2)12-15-14-11(9-13)16(12)6-3/h10H,4-9H2,1-3H3. The molecule has 0 aromatic carbocycles. The first-order valence-electron chi connectivity index (χ1n) is 6.26. The average Bonchev–Trinajstić information content (AvgIpc) is 2.73. The van der Waals surface area contributed by atoms with Crippen LogP contribution in [0.5, 0.6) is 0 Å². The van der Waals surface area contributed by atoms with Crippen LogP contribution in [0.3, 0.4) is 0 Å². The fourth-order valence-electron chi connectivity index (χ4n) is 2.06. The maximum Gasteiger partial charge on any atom is 0.143 e. The largest absolute Gasteiger partial charge is 0.314 e. The third kappa shape index (κ3) is 3.06. The van der Waals surface area contributed by atoms with Crippen molar-refractivity contribution < 1.29 is 0 Å². The van der Waals surface area contributed by atoms with Gasteiger partial charge in [0.1, 0.15) is 11.6 Å². The van der Waals surface area contributed by atoms with E-state index in [4.69, 9.17) is 0 Å². The molecule has 1 rings (SSSR count). The van der Waals surface area contributed by atoms with Crippen LogP contribution in [0.1, 0.15) is 64.0 Å². The molecule has 1 aromatic heterocycles. The van der Waals surface area contributed by atoms with E-state index in [1.54, 1.807) is 0 Å². The molecule has 0 aliphatic carbocycles. The molecule has 1 aromatic rings. The Labute approximate surface area is 107 Å². The molecule has 4 heteroatoms. The predicted molar refractivity (Wildman–Crippen MR) is 70.9 cm³/mol. The SMILES string of the molecule is CCCCC(CC)c1nnc(CBr)n1CC. The van der Waals surface area contributed by atoms with Crippen LogP contribution in [0.15, 0.2) is 0 Å². The Morgan fingerprint density at radius 1 is 1.25 bits per heavy atom. The van der Waals surface area contributed by atoms with Gasteiger partial charge in [0, 0.05) is 12.5 Å². The van der Waals surface area contributed by atoms with E-state index in [2.05, 4.69) is 51.5 Å². The summed E-state index contributed by atoms with van der Waals surface area (Å²) in [6.07, 6.45) is 4.91. The summed E-state index contributed by atoms with van der Waals surface area (Å²) in [6, 6.07) is 0. The summed E-state index contributed by atoms with van der Waals surface area (Å²) in [5, 5.41) is 9.40. The van der Waals surface area contributed by atoms with Gasteiger partial charge in [0.25, 0.3) is 0 Å². The van der Waals surface area contributed by atoms with Gasteiger partial charge in [0.15, 0.2) is 0 Å². The normalized spacial score (nSPS) is 13.0. The van der Waals surface area contributed by atoms with Crippen LogP contribution in [0.2, 0.25) is 0 Å². The minimum Gasteiger partial charge on any atom is -0.314 e. The molecule has 1 atom stereocenters. The minimum atomic E-state index is 0.570. The maximum atomic E-state index is 4.36. The molecule has 3 nitrogen and oxygen atoms in total. The monoisotopic (exact) mass is 287 g/mol. The first-order valence-corrected chi connectivity index (χ1v) is 7.38. The van der Waals surface area contributed by atoms with Crippen LogP contribution >= 0.6 is 15.9 Å². The summed E-state index contributed by atoms with van der Waals surface area (Å²) in [5.41, 5.74) is 0. The molecular formula is C12H22BrN3. The van der Waals surface area contributed by atoms with Gasteiger partial charge in [-0.25, -0.2) is 0 Å². The van der Waals surface area contributed by atoms with E-state index in [9.17, 15) is 0 Å². The highest BCUT2D eigenvalue weighted by Gasteiger charge is 2.17. The zero-order valence-electron chi connectivity index (χ0n) is 10.5. The van der Waals surface area contributed by atoms with Gasteiger partial charge in [-0.1, -0.05) is 42.6 Å². The second-order valence-electron chi connectivity index (χ2n) is 4.10. The Morgan fingerprint density at radius 2 is 2.00 bits per heavy atom. The zero-order valence-corrected chi connectivity index (χ0v) is 12.1. The lowest BCUT2D eigenvalue weighted by molar-refractivity contribution is 0.512. The van der Waals surface area contributed by atoms with Crippen molar-refractivity contribution in [3.8, 4) is 0 Å². The first-order chi connectivity index (χ1) is 7.78. The third-order valence-corrected chi connectivity index (χ3v) is 3.56. The van der Waals surface area contributed by atoms with Crippen LogP contribution in [0, 0.1) is 0 Å². The van der Waals surface area contributed by atoms with Gasteiger partial charge in [0.05, 0.1) is 5.33 Å². The Bertz CT molecular complexity index is 309. The van der Waals surface area contributed by atoms with Crippen molar-refractivity contribution >= 4 is 15.9 Å². The summed E-state index contributed by atoms with van der Waals surface area (Å²) in [7, 11) is 0. The molecule has 92 valence electrons. The number of alkyl halides is 1. The first kappa shape index (κ1) is 13.7. The number of unbranched alkanes of at least 4 members (excludes halogenated alkanes) is 1. The van der Waals surface area contributed by atoms with E-state index < -0.39 is 0 Å². The zero-order chi connectivity index (χ0) is 12.0. The van der Waals surface area contributed by atoms with Gasteiger partial charge in [-0.3, -0.25) is 0 Å². The van der Waals surface area contributed by atoms with Crippen molar-refractivity contribution in [2.24, 2.45) is 0 Å². The van der Waals surface area contributed by atoms with Gasteiger partial charge >= 0.3 is 0 Å². The van der Waals surface area contributed by atoms with Crippen LogP contribution in [0.4, 0.5) is 0 Å². The molecule has 1 unspecified atom stereocenters. The lowest BCUT2D eigenvalue weighted by atomic mass is 9.98. The van der Waals surface area contributed by atoms with E-state index >= 15 is 0 Å². The Kier molecular flexibility index (Phi) is 6.03. The Hall–Kier alpha value is -0.380. The lowest BCUT2D eigenvalue weighted by Gasteiger charge is -2.15. The Balaban J connectivity index is 2.86. The van der Waals surface area contributed by atoms with Crippen molar-refractivity contribution in [3.05, 3.63) is 11.6 Å². The van der Waals surface area contributed by atoms with Crippen LogP contribution in [0.25, 0.3) is 0 Å². The molecule has 0 radical (unpaired) electrons. The molecule has 16 heavy (non-hydrogen) atoms. The summed E-state index contributed by atoms with van der Waals surface area (Å²) < 4.78 is 2.25. The summed E-state index contributed by atoms with van der Waals surface area (Å²) in [6.45, 7) is 7.60. The van der Waals surface area contributed by atoms with E-state index in [0.717, 1.165) is 24.1 Å². The van der Waals surface area contributed by atoms with Crippen molar-refractivity contribution in [1.29, 1.82) is 0 Å². The number of hydrogen-bond acceptors (Lipinski definition) is 2. The van der Waals surface area contributed by atoms with Gasteiger partial charge in [-0.2, -0.15) is 0 Å². The van der Waals surface area contributed by atoms with Gasteiger partial charge in [0.2, 0.25) is 0 Å². The predicted octanol–water partition coefficient (Wildman–Crippen LogP) is 3.88. The molecule has 0 fully saturated rings. The molecule has 0 N–H and O–H groups in total. The molecule has 0 aliphatic rings. The molecule has 0 amide bonds. The lowest BCUT2D eigenvalue weighted by Crippen LogP contribution is -2.10. The Morgan fingerprint density at radius 3 is 2.50 bits per heavy atom. The third-order valence-electron chi connectivity index (χ3n) is 3.06. The van der Waals surface area contributed by atoms with Gasteiger partial charge in [-0.05, 0) is 19.8 Å². The van der Waals surface area contributed by atoms with E-state index in [0.29, 0.717) is 5.92 Å². The number of halogens is 1. The highest BCUT2D eigenvalue weighted by molar-refractivity contribution is 9.08. The highest BCUT2D eigenvalue weighted by Crippen LogP contribution is 2.25. The molecular weight excluding hydrogens is 266 g/mol. The van der Waals surface area contributed by atoms with Crippen molar-refractivity contribution in [1.82, 2.24) is 14.8 Å². The fourth-order valence-corrected chi connectivity index (χ4v) is 2.48. The second-order valence-corrected chi connectivity index (χ2v) is 4.66. The number of rotatable bonds is 7. The van der Waals surface area contributed by atoms with Crippen molar-refractivity contribution in [2.75, 3.05) is 0 Å². The highest BCUT2D eigenvalue weighted by atomic mass is 79.9. The molecule has 0 saturated heterocycles. The number of aromatic nitrogens is 3. The van der Waals surface area contributed by atoms with Crippen LogP contribution in [-0.4, -0.2) is 14.8 Å². The summed E-state index contributed by atoms with van der Waals surface area (Å²) in [4.78, 5) is 0. The topological polar surface area (TPSA) is 30.7 Å². The minimum absolute atomic E-state index is 0.570. The molecule has 0 bridgehead atoms. The molecule has 0 spiro atoms. The smallest absolute Gasteiger partial charge is 0.143 e. The summed E-state index contributed by atoms with van der Waals surface area (Å²) in [5.74, 6) is 2.79. The molecule has 0 saturated carbocycles. The maximum absolute atomic E-state index is 4.36. The van der Waals surface area contributed by atoms with Crippen molar-refractivity contribution in [2.45, 2.75) is 64.2 Å². The average molecular weight is 288 g/mol. The fraction of sp³-hybridized carbons (Fsp3) is 0.833. The van der Waals surface area contributed by atoms with Crippen molar-refractivity contribution in [3.63, 3.8) is 0 Å². The number of hydrogen-bond donors (Lipinski definition) is 0. The van der Waals surface area contributed by atoms with Gasteiger partial charge < -0.3 is 4.57 Å². The van der Waals surface area contributed by atoms with Crippen LogP contribution < -0.4 is 0 Å². The molecule has 0 aliphatic heterocycles. The molecule has 1 heterocycles. The van der Waals surface area contributed by atoms with E-state index in [1.165, 1.54) is 25.1 Å². The van der Waals surface area contributed by atoms with E-state index in [-0.39, 0.29) is 0 Å². The quantitative estimate of drug-likeness (QED) is 0.713. The number of nitrogens with zero attached hydrogens (tertiary/aromatic N) is 3. The van der Waals surface area contributed by atoms with Crippen LogP contribution in [-0.2, 0) is 11.9 Å². The second kappa shape index (κ2) is 7.05. The van der Waals surface area contributed by atoms with Gasteiger partial charge in [-0.15, -0.1) is 10.2 Å². The summed E-state index contributed by atoms with van der Waals surface area (Å²) >= 11 is 3.46. The van der Waals surface area contributed by atoms with E-state index in [1.807, 2.05) is 0 Å².